The van der Waals surface area contributed by atoms with Gasteiger partial charge in [0.05, 0.1) is 19.0 Å². The number of nitrogens with one attached hydrogen (secondary N) is 2. The van der Waals surface area contributed by atoms with Crippen LogP contribution in [0, 0.1) is 5.82 Å². The lowest BCUT2D eigenvalue weighted by Gasteiger charge is -2.14. The summed E-state index contributed by atoms with van der Waals surface area (Å²) in [5.74, 6) is -0.393. The number of hydrogen-bond acceptors (Lipinski definition) is 4. The van der Waals surface area contributed by atoms with Crippen molar-refractivity contribution >= 4 is 28.7 Å². The number of halogens is 1. The Hall–Kier alpha value is -3.88. The number of rotatable bonds is 9. The maximum Gasteiger partial charge on any atom is 0.324 e. The Morgan fingerprint density at radius 1 is 1.15 bits per heavy atom. The number of hydrogen-bond donors (Lipinski definition) is 2. The molecule has 0 radical (unpaired) electrons. The molecule has 1 fully saturated rings. The number of fused-ring (bicyclic) bond motifs is 1. The summed E-state index contributed by atoms with van der Waals surface area (Å²) in [6.07, 6.45) is 2.14. The number of urea groups is 1. The number of benzene rings is 2. The highest BCUT2D eigenvalue weighted by Crippen LogP contribution is 2.20. The zero-order chi connectivity index (χ0) is 23.4. The first-order chi connectivity index (χ1) is 16.0. The number of carbonyl (C=O) groups is 3. The van der Waals surface area contributed by atoms with Crippen molar-refractivity contribution in [3.05, 3.63) is 66.1 Å². The second-order valence-electron chi connectivity index (χ2n) is 7.82. The first kappa shape index (κ1) is 22.3. The highest BCUT2D eigenvalue weighted by Gasteiger charge is 2.38. The van der Waals surface area contributed by atoms with Crippen LogP contribution in [-0.2, 0) is 22.6 Å². The van der Waals surface area contributed by atoms with Crippen LogP contribution >= 0.6 is 0 Å². The number of amides is 4. The molecule has 2 aromatic carbocycles. The molecule has 4 amide bonds. The van der Waals surface area contributed by atoms with E-state index in [-0.39, 0.29) is 24.7 Å². The zero-order valence-electron chi connectivity index (χ0n) is 18.2. The van der Waals surface area contributed by atoms with Gasteiger partial charge in [-0.3, -0.25) is 14.5 Å². The molecule has 1 aliphatic heterocycles. The number of carbonyl (C=O) groups excluding carboxylic acids is 3. The average Bonchev–Trinajstić information content (AvgIpc) is 3.32. The summed E-state index contributed by atoms with van der Waals surface area (Å²) < 4.78 is 20.7. The lowest BCUT2D eigenvalue weighted by molar-refractivity contribution is -0.130. The van der Waals surface area contributed by atoms with E-state index in [1.54, 1.807) is 13.2 Å². The normalized spacial score (nSPS) is 15.7. The molecule has 0 spiro atoms. The highest BCUT2D eigenvalue weighted by atomic mass is 19.1. The van der Waals surface area contributed by atoms with Crippen LogP contribution in [0.1, 0.15) is 12.0 Å². The summed E-state index contributed by atoms with van der Waals surface area (Å²) in [6.45, 7) is 0.959. The molecular formula is C24H25FN4O4. The fourth-order valence-electron chi connectivity index (χ4n) is 3.99. The molecule has 33 heavy (non-hydrogen) atoms. The third-order valence-electron chi connectivity index (χ3n) is 5.70. The second kappa shape index (κ2) is 9.72. The van der Waals surface area contributed by atoms with Crippen LogP contribution in [0.3, 0.4) is 0 Å². The molecule has 1 atom stereocenters. The van der Waals surface area contributed by atoms with Gasteiger partial charge in [0, 0.05) is 25.8 Å². The molecule has 1 aromatic heterocycles. The average molecular weight is 452 g/mol. The zero-order valence-corrected chi connectivity index (χ0v) is 18.2. The van der Waals surface area contributed by atoms with E-state index in [2.05, 4.69) is 10.6 Å². The number of imide groups is 1. The third-order valence-corrected chi connectivity index (χ3v) is 5.70. The molecule has 9 heteroatoms. The summed E-state index contributed by atoms with van der Waals surface area (Å²) >= 11 is 0. The van der Waals surface area contributed by atoms with Gasteiger partial charge in [0.1, 0.15) is 17.6 Å². The Labute approximate surface area is 190 Å². The fraction of sp³-hybridized carbons (Fsp3) is 0.292. The van der Waals surface area contributed by atoms with E-state index in [0.29, 0.717) is 25.3 Å². The van der Waals surface area contributed by atoms with Crippen molar-refractivity contribution in [2.24, 2.45) is 0 Å². The molecule has 1 aliphatic rings. The molecule has 1 saturated heterocycles. The number of aromatic nitrogens is 1. The summed E-state index contributed by atoms with van der Waals surface area (Å²) in [4.78, 5) is 38.4. The van der Waals surface area contributed by atoms with E-state index < -0.39 is 18.0 Å². The largest absolute Gasteiger partial charge is 0.496 e. The molecule has 0 aliphatic carbocycles. The van der Waals surface area contributed by atoms with Crippen LogP contribution in [0.15, 0.2) is 54.7 Å². The molecular weight excluding hydrogens is 427 g/mol. The van der Waals surface area contributed by atoms with Gasteiger partial charge < -0.3 is 19.9 Å². The maximum atomic E-state index is 13.5. The van der Waals surface area contributed by atoms with Gasteiger partial charge in [0.15, 0.2) is 0 Å². The van der Waals surface area contributed by atoms with Crippen LogP contribution in [0.5, 0.6) is 5.75 Å². The number of methoxy groups -OCH3 is 1. The second-order valence-corrected chi connectivity index (χ2v) is 7.82. The van der Waals surface area contributed by atoms with E-state index in [1.165, 1.54) is 12.1 Å². The minimum absolute atomic E-state index is 0.142. The van der Waals surface area contributed by atoms with Crippen LogP contribution in [0.4, 0.5) is 9.18 Å². The van der Waals surface area contributed by atoms with Crippen molar-refractivity contribution < 1.29 is 23.5 Å². The summed E-state index contributed by atoms with van der Waals surface area (Å²) in [6, 6.07) is 12.4. The fourth-order valence-corrected chi connectivity index (χ4v) is 3.99. The van der Waals surface area contributed by atoms with Gasteiger partial charge in [-0.15, -0.1) is 0 Å². The van der Waals surface area contributed by atoms with Crippen LogP contribution in [0.25, 0.3) is 10.9 Å². The molecule has 2 N–H and O–H groups in total. The number of nitrogens with zero attached hydrogens (tertiary/aromatic N) is 2. The SMILES string of the molecule is COc1ccccc1CCN1C(=O)NC(CC(=O)NCCn2ccc3ccc(F)cc32)C1=O. The van der Waals surface area contributed by atoms with Gasteiger partial charge in [-0.05, 0) is 47.7 Å². The van der Waals surface area contributed by atoms with Crippen molar-refractivity contribution in [2.45, 2.75) is 25.4 Å². The Morgan fingerprint density at radius 3 is 2.79 bits per heavy atom. The topological polar surface area (TPSA) is 92.7 Å². The van der Waals surface area contributed by atoms with Crippen molar-refractivity contribution in [3.63, 3.8) is 0 Å². The van der Waals surface area contributed by atoms with Crippen molar-refractivity contribution in [3.8, 4) is 5.75 Å². The molecule has 4 rings (SSSR count). The summed E-state index contributed by atoms with van der Waals surface area (Å²) in [7, 11) is 1.57. The minimum Gasteiger partial charge on any atom is -0.496 e. The minimum atomic E-state index is -0.892. The Balaban J connectivity index is 1.27. The predicted octanol–water partition coefficient (Wildman–Crippen LogP) is 2.46. The van der Waals surface area contributed by atoms with Gasteiger partial charge in [-0.2, -0.15) is 0 Å². The van der Waals surface area contributed by atoms with Crippen LogP contribution < -0.4 is 15.4 Å². The third kappa shape index (κ3) is 4.97. The van der Waals surface area contributed by atoms with E-state index in [0.717, 1.165) is 21.4 Å². The molecule has 1 unspecified atom stereocenters. The van der Waals surface area contributed by atoms with E-state index in [9.17, 15) is 18.8 Å². The van der Waals surface area contributed by atoms with Gasteiger partial charge in [-0.1, -0.05) is 18.2 Å². The van der Waals surface area contributed by atoms with E-state index >= 15 is 0 Å². The van der Waals surface area contributed by atoms with E-state index in [1.807, 2.05) is 41.1 Å². The van der Waals surface area contributed by atoms with Gasteiger partial charge in [0.2, 0.25) is 5.91 Å². The molecule has 8 nitrogen and oxygen atoms in total. The number of ether oxygens (including phenoxy) is 1. The van der Waals surface area contributed by atoms with Crippen molar-refractivity contribution in [2.75, 3.05) is 20.2 Å². The Bertz CT molecular complexity index is 1190. The Morgan fingerprint density at radius 2 is 1.97 bits per heavy atom. The molecule has 0 saturated carbocycles. The smallest absolute Gasteiger partial charge is 0.324 e. The van der Waals surface area contributed by atoms with Crippen molar-refractivity contribution in [1.82, 2.24) is 20.1 Å². The van der Waals surface area contributed by atoms with Crippen LogP contribution in [0.2, 0.25) is 0 Å². The lowest BCUT2D eigenvalue weighted by atomic mass is 10.1. The van der Waals surface area contributed by atoms with Gasteiger partial charge in [-0.25, -0.2) is 9.18 Å². The quantitative estimate of drug-likeness (QED) is 0.488. The standard InChI is InChI=1S/C24H25FN4O4/c1-33-21-5-3-2-4-17(21)9-12-29-23(31)19(27-24(29)32)15-22(30)26-10-13-28-11-8-16-6-7-18(25)14-20(16)28/h2-8,11,14,19H,9-10,12-13,15H2,1H3,(H,26,30)(H,27,32). The molecule has 3 aromatic rings. The first-order valence-electron chi connectivity index (χ1n) is 10.7. The molecule has 0 bridgehead atoms. The van der Waals surface area contributed by atoms with Gasteiger partial charge in [0.25, 0.3) is 5.91 Å². The predicted molar refractivity (Wildman–Crippen MR) is 120 cm³/mol. The lowest BCUT2D eigenvalue weighted by Crippen LogP contribution is -2.37. The van der Waals surface area contributed by atoms with Crippen LogP contribution in [-0.4, -0.2) is 53.6 Å². The molecule has 2 heterocycles. The summed E-state index contributed by atoms with van der Waals surface area (Å²) in [5, 5.41) is 6.25. The van der Waals surface area contributed by atoms with Gasteiger partial charge >= 0.3 is 6.03 Å². The number of para-hydroxylation sites is 1. The monoisotopic (exact) mass is 452 g/mol. The maximum absolute atomic E-state index is 13.5. The summed E-state index contributed by atoms with van der Waals surface area (Å²) in [5.41, 5.74) is 1.63. The Kier molecular flexibility index (Phi) is 6.58. The van der Waals surface area contributed by atoms with E-state index in [4.69, 9.17) is 4.74 Å². The van der Waals surface area contributed by atoms with Crippen molar-refractivity contribution in [1.29, 1.82) is 0 Å². The highest BCUT2D eigenvalue weighted by molar-refractivity contribution is 6.05. The molecule has 172 valence electrons. The first-order valence-corrected chi connectivity index (χ1v) is 10.7.